The standard InChI is InChI=1S/C11H14.2C10H9N.C7H6N4/c1-9-5-4-7-10-6-2-3-8-11(9)10;1-8-4-2-5-9-6-3-7-11-10(8)9;1-8-4-5-9-3-2-6-11-10(9)7-8;1-5-6-7(11-4-10-5)9-3-2-8-6/h2-3,6,8-9H,4-5,7H2,1H3;2*2-7H,1H3;2-4H,1H3. The predicted octanol–water partition coefficient (Wildman–Crippen LogP) is 8.94. The van der Waals surface area contributed by atoms with Crippen molar-refractivity contribution >= 4 is 33.0 Å². The van der Waals surface area contributed by atoms with Crippen LogP contribution < -0.4 is 0 Å². The van der Waals surface area contributed by atoms with Crippen LogP contribution in [0.25, 0.3) is 33.0 Å². The normalized spacial score (nSPS) is 13.4. The van der Waals surface area contributed by atoms with E-state index < -0.39 is 0 Å². The van der Waals surface area contributed by atoms with Gasteiger partial charge in [0.1, 0.15) is 11.8 Å². The highest BCUT2D eigenvalue weighted by Gasteiger charge is 2.14. The van der Waals surface area contributed by atoms with Crippen molar-refractivity contribution in [1.29, 1.82) is 0 Å². The molecule has 4 aromatic heterocycles. The molecule has 7 aromatic rings. The molecule has 1 aliphatic carbocycles. The average Bonchev–Trinajstić information content (AvgIpc) is 3.06. The number of hydrogen-bond acceptors (Lipinski definition) is 6. The first-order chi connectivity index (χ1) is 21.5. The van der Waals surface area contributed by atoms with Gasteiger partial charge in [-0.15, -0.1) is 0 Å². The zero-order valence-electron chi connectivity index (χ0n) is 25.9. The third kappa shape index (κ3) is 7.84. The molecule has 1 atom stereocenters. The lowest BCUT2D eigenvalue weighted by atomic mass is 9.84. The molecule has 0 fully saturated rings. The lowest BCUT2D eigenvalue weighted by Gasteiger charge is -2.21. The smallest absolute Gasteiger partial charge is 0.181 e. The first kappa shape index (κ1) is 30.4. The highest BCUT2D eigenvalue weighted by Crippen LogP contribution is 2.30. The molecule has 0 saturated carbocycles. The maximum absolute atomic E-state index is 4.28. The second-order valence-corrected chi connectivity index (χ2v) is 11.0. The number of rotatable bonds is 0. The summed E-state index contributed by atoms with van der Waals surface area (Å²) in [6.45, 7) is 8.38. The molecule has 0 saturated heterocycles. The number of nitrogens with zero attached hydrogens (tertiary/aromatic N) is 6. The van der Waals surface area contributed by atoms with Crippen LogP contribution in [-0.4, -0.2) is 29.9 Å². The summed E-state index contributed by atoms with van der Waals surface area (Å²) in [5.41, 5.74) is 10.1. The van der Waals surface area contributed by atoms with Gasteiger partial charge in [0, 0.05) is 35.6 Å². The second kappa shape index (κ2) is 14.9. The van der Waals surface area contributed by atoms with E-state index in [-0.39, 0.29) is 0 Å². The van der Waals surface area contributed by atoms with Gasteiger partial charge in [0.15, 0.2) is 5.65 Å². The van der Waals surface area contributed by atoms with Crippen LogP contribution in [-0.2, 0) is 6.42 Å². The van der Waals surface area contributed by atoms with Gasteiger partial charge in [-0.1, -0.05) is 73.7 Å². The molecule has 0 bridgehead atoms. The number of aromatic nitrogens is 6. The molecule has 0 amide bonds. The van der Waals surface area contributed by atoms with Gasteiger partial charge < -0.3 is 0 Å². The van der Waals surface area contributed by atoms with Gasteiger partial charge in [0.05, 0.1) is 16.7 Å². The first-order valence-electron chi connectivity index (χ1n) is 15.1. The Labute approximate surface area is 259 Å². The van der Waals surface area contributed by atoms with E-state index >= 15 is 0 Å². The fraction of sp³-hybridized carbons (Fsp3) is 0.211. The fourth-order valence-electron chi connectivity index (χ4n) is 5.34. The van der Waals surface area contributed by atoms with E-state index in [4.69, 9.17) is 0 Å². The molecule has 1 unspecified atom stereocenters. The summed E-state index contributed by atoms with van der Waals surface area (Å²) in [4.78, 5) is 24.6. The minimum Gasteiger partial charge on any atom is -0.256 e. The first-order valence-corrected chi connectivity index (χ1v) is 15.1. The van der Waals surface area contributed by atoms with Gasteiger partial charge in [-0.3, -0.25) is 9.97 Å². The van der Waals surface area contributed by atoms with Crippen molar-refractivity contribution in [3.8, 4) is 0 Å². The van der Waals surface area contributed by atoms with Crippen molar-refractivity contribution in [3.05, 3.63) is 144 Å². The topological polar surface area (TPSA) is 77.3 Å². The third-order valence-corrected chi connectivity index (χ3v) is 7.72. The molecule has 4 heterocycles. The van der Waals surface area contributed by atoms with Gasteiger partial charge in [-0.2, -0.15) is 0 Å². The van der Waals surface area contributed by atoms with E-state index in [0.29, 0.717) is 5.65 Å². The second-order valence-electron chi connectivity index (χ2n) is 11.0. The summed E-state index contributed by atoms with van der Waals surface area (Å²) < 4.78 is 0. The van der Waals surface area contributed by atoms with Gasteiger partial charge in [0.2, 0.25) is 0 Å². The van der Waals surface area contributed by atoms with E-state index in [1.165, 1.54) is 47.5 Å². The van der Waals surface area contributed by atoms with Crippen LogP contribution in [0.3, 0.4) is 0 Å². The van der Waals surface area contributed by atoms with Crippen molar-refractivity contribution < 1.29 is 0 Å². The molecule has 1 aliphatic rings. The van der Waals surface area contributed by atoms with Crippen LogP contribution in [0.5, 0.6) is 0 Å². The Morgan fingerprint density at radius 1 is 0.614 bits per heavy atom. The summed E-state index contributed by atoms with van der Waals surface area (Å²) in [7, 11) is 0. The van der Waals surface area contributed by atoms with Crippen molar-refractivity contribution in [1.82, 2.24) is 29.9 Å². The predicted molar refractivity (Wildman–Crippen MR) is 181 cm³/mol. The van der Waals surface area contributed by atoms with Gasteiger partial charge in [0.25, 0.3) is 0 Å². The SMILES string of the molecule is CC1CCCc2ccccc21.Cc1ccc2cccnc2c1.Cc1cccc2cccnc12.Cc1ncnc2nccnc12. The van der Waals surface area contributed by atoms with E-state index in [1.807, 2.05) is 31.5 Å². The quantitative estimate of drug-likeness (QED) is 0.179. The van der Waals surface area contributed by atoms with Crippen molar-refractivity contribution in [2.75, 3.05) is 0 Å². The fourth-order valence-corrected chi connectivity index (χ4v) is 5.34. The van der Waals surface area contributed by atoms with E-state index in [2.05, 4.69) is 123 Å². The highest BCUT2D eigenvalue weighted by molar-refractivity contribution is 5.81. The molecule has 0 N–H and O–H groups in total. The Balaban J connectivity index is 0.000000116. The molecule has 0 spiro atoms. The maximum atomic E-state index is 4.28. The van der Waals surface area contributed by atoms with Gasteiger partial charge in [-0.25, -0.2) is 19.9 Å². The zero-order valence-corrected chi connectivity index (χ0v) is 25.9. The monoisotopic (exact) mass is 578 g/mol. The lowest BCUT2D eigenvalue weighted by molar-refractivity contribution is 0.590. The molecule has 8 rings (SSSR count). The van der Waals surface area contributed by atoms with Crippen molar-refractivity contribution in [2.24, 2.45) is 0 Å². The Hall–Kier alpha value is -5.10. The Morgan fingerprint density at radius 3 is 2.18 bits per heavy atom. The van der Waals surface area contributed by atoms with Gasteiger partial charge >= 0.3 is 0 Å². The number of pyridine rings is 2. The Morgan fingerprint density at radius 2 is 1.36 bits per heavy atom. The maximum Gasteiger partial charge on any atom is 0.181 e. The molecular weight excluding hydrogens is 540 g/mol. The molecule has 6 nitrogen and oxygen atoms in total. The number of para-hydroxylation sites is 1. The van der Waals surface area contributed by atoms with Crippen LogP contribution >= 0.6 is 0 Å². The summed E-state index contributed by atoms with van der Waals surface area (Å²) in [6.07, 6.45) is 12.4. The number of fused-ring (bicyclic) bond motifs is 4. The summed E-state index contributed by atoms with van der Waals surface area (Å²) in [5.74, 6) is 0.792. The minimum atomic E-state index is 0.653. The minimum absolute atomic E-state index is 0.653. The van der Waals surface area contributed by atoms with Crippen LogP contribution in [0, 0.1) is 20.8 Å². The van der Waals surface area contributed by atoms with E-state index in [9.17, 15) is 0 Å². The van der Waals surface area contributed by atoms with Crippen molar-refractivity contribution in [2.45, 2.75) is 52.9 Å². The number of hydrogen-bond donors (Lipinski definition) is 0. The summed E-state index contributed by atoms with van der Waals surface area (Å²) in [6, 6.07) is 29.4. The van der Waals surface area contributed by atoms with Crippen LogP contribution in [0.15, 0.2) is 116 Å². The lowest BCUT2D eigenvalue weighted by Crippen LogP contribution is -2.05. The molecule has 3 aromatic carbocycles. The molecule has 0 aliphatic heterocycles. The zero-order chi connectivity index (χ0) is 30.7. The van der Waals surface area contributed by atoms with E-state index in [0.717, 1.165) is 28.2 Å². The van der Waals surface area contributed by atoms with Crippen LogP contribution in [0.4, 0.5) is 0 Å². The van der Waals surface area contributed by atoms with Crippen LogP contribution in [0.2, 0.25) is 0 Å². The summed E-state index contributed by atoms with van der Waals surface area (Å²) in [5, 5.41) is 2.42. The highest BCUT2D eigenvalue weighted by atomic mass is 14.9. The molecule has 44 heavy (non-hydrogen) atoms. The number of aryl methyl sites for hydroxylation is 4. The van der Waals surface area contributed by atoms with Crippen LogP contribution in [0.1, 0.15) is 53.6 Å². The average molecular weight is 579 g/mol. The molecule has 220 valence electrons. The van der Waals surface area contributed by atoms with Crippen molar-refractivity contribution in [3.63, 3.8) is 0 Å². The molecule has 0 radical (unpaired) electrons. The van der Waals surface area contributed by atoms with Gasteiger partial charge in [-0.05, 0) is 86.4 Å². The number of benzene rings is 3. The summed E-state index contributed by atoms with van der Waals surface area (Å²) >= 11 is 0. The molecular formula is C38H38N6. The molecule has 6 heteroatoms. The Kier molecular flexibility index (Phi) is 10.3. The largest absolute Gasteiger partial charge is 0.256 e. The Bertz CT molecular complexity index is 1870. The third-order valence-electron chi connectivity index (χ3n) is 7.72. The van der Waals surface area contributed by atoms with E-state index in [1.54, 1.807) is 23.5 Å².